The summed E-state index contributed by atoms with van der Waals surface area (Å²) in [5.74, 6) is -0.405. The van der Waals surface area contributed by atoms with Crippen LogP contribution in [0.3, 0.4) is 0 Å². The first-order valence-corrected chi connectivity index (χ1v) is 4.65. The van der Waals surface area contributed by atoms with E-state index in [9.17, 15) is 9.50 Å². The van der Waals surface area contributed by atoms with Gasteiger partial charge in [0.1, 0.15) is 5.82 Å². The second-order valence-corrected chi connectivity index (χ2v) is 3.44. The first kappa shape index (κ1) is 10.5. The van der Waals surface area contributed by atoms with E-state index in [1.165, 1.54) is 12.1 Å². The number of hydrogen-bond acceptors (Lipinski definition) is 1. The molecule has 0 heterocycles. The second kappa shape index (κ2) is 4.58. The zero-order valence-electron chi connectivity index (χ0n) is 7.43. The maximum atomic E-state index is 12.8. The highest BCUT2D eigenvalue weighted by Crippen LogP contribution is 2.22. The zero-order chi connectivity index (χ0) is 9.84. The van der Waals surface area contributed by atoms with E-state index in [4.69, 9.17) is 11.6 Å². The molecule has 1 aromatic rings. The fourth-order valence-corrected chi connectivity index (χ4v) is 1.44. The molecule has 1 unspecified atom stereocenters. The van der Waals surface area contributed by atoms with Crippen LogP contribution in [0, 0.1) is 5.82 Å². The number of hydrogen-bond donors (Lipinski definition) is 1. The molecule has 1 atom stereocenters. The van der Waals surface area contributed by atoms with Gasteiger partial charge in [-0.3, -0.25) is 0 Å². The lowest BCUT2D eigenvalue weighted by molar-refractivity contribution is 0.166. The molecule has 0 saturated carbocycles. The van der Waals surface area contributed by atoms with Crippen molar-refractivity contribution in [3.63, 3.8) is 0 Å². The van der Waals surface area contributed by atoms with E-state index in [1.807, 2.05) is 6.92 Å². The summed E-state index contributed by atoms with van der Waals surface area (Å²) in [5, 5.41) is 9.87. The van der Waals surface area contributed by atoms with Gasteiger partial charge >= 0.3 is 0 Å². The van der Waals surface area contributed by atoms with Gasteiger partial charge in [0.25, 0.3) is 0 Å². The lowest BCUT2D eigenvalue weighted by Gasteiger charge is -2.09. The van der Waals surface area contributed by atoms with Gasteiger partial charge in [0.2, 0.25) is 0 Å². The standard InChI is InChI=1S/C10H12ClFO/c1-2-3-10(13)7-4-8(11)6-9(12)5-7/h4-6,10,13H,2-3H2,1H3. The van der Waals surface area contributed by atoms with Crippen LogP contribution in [-0.4, -0.2) is 5.11 Å². The van der Waals surface area contributed by atoms with Crippen LogP contribution in [-0.2, 0) is 0 Å². The molecule has 0 saturated heterocycles. The van der Waals surface area contributed by atoms with Gasteiger partial charge in [0.15, 0.2) is 0 Å². The molecule has 0 radical (unpaired) electrons. The molecule has 0 bridgehead atoms. The summed E-state index contributed by atoms with van der Waals surface area (Å²) in [6, 6.07) is 4.13. The summed E-state index contributed by atoms with van der Waals surface area (Å²) in [6.07, 6.45) is 0.868. The average molecular weight is 203 g/mol. The Bertz CT molecular complexity index is 268. The van der Waals surface area contributed by atoms with Crippen molar-refractivity contribution < 1.29 is 9.50 Å². The number of aliphatic hydroxyl groups is 1. The van der Waals surface area contributed by atoms with Crippen LogP contribution in [0.4, 0.5) is 4.39 Å². The lowest BCUT2D eigenvalue weighted by Crippen LogP contribution is -1.97. The van der Waals surface area contributed by atoms with E-state index in [0.29, 0.717) is 17.0 Å². The molecule has 13 heavy (non-hydrogen) atoms. The van der Waals surface area contributed by atoms with Crippen LogP contribution in [0.5, 0.6) is 0 Å². The SMILES string of the molecule is CCCC(O)c1cc(F)cc(Cl)c1. The average Bonchev–Trinajstić information content (AvgIpc) is 2.03. The summed E-state index contributed by atoms with van der Waals surface area (Å²) in [5.41, 5.74) is 0.548. The number of rotatable bonds is 3. The van der Waals surface area contributed by atoms with Crippen LogP contribution in [0.25, 0.3) is 0 Å². The molecule has 0 aliphatic rings. The van der Waals surface area contributed by atoms with Crippen LogP contribution >= 0.6 is 11.6 Å². The Hall–Kier alpha value is -0.600. The Morgan fingerprint density at radius 1 is 1.46 bits per heavy atom. The van der Waals surface area contributed by atoms with E-state index in [2.05, 4.69) is 0 Å². The Morgan fingerprint density at radius 3 is 2.69 bits per heavy atom. The third-order valence-corrected chi connectivity index (χ3v) is 2.05. The quantitative estimate of drug-likeness (QED) is 0.798. The van der Waals surface area contributed by atoms with Crippen molar-refractivity contribution >= 4 is 11.6 Å². The predicted molar refractivity (Wildman–Crippen MR) is 51.3 cm³/mol. The summed E-state index contributed by atoms with van der Waals surface area (Å²) in [7, 11) is 0. The Labute approximate surface area is 82.2 Å². The third kappa shape index (κ3) is 2.98. The van der Waals surface area contributed by atoms with E-state index in [-0.39, 0.29) is 0 Å². The largest absolute Gasteiger partial charge is 0.388 e. The fraction of sp³-hybridized carbons (Fsp3) is 0.400. The molecule has 0 spiro atoms. The molecule has 3 heteroatoms. The molecule has 1 aromatic carbocycles. The summed E-state index contributed by atoms with van der Waals surface area (Å²) < 4.78 is 12.8. The summed E-state index contributed by atoms with van der Waals surface area (Å²) in [4.78, 5) is 0. The minimum atomic E-state index is -0.613. The maximum absolute atomic E-state index is 12.8. The normalized spacial score (nSPS) is 12.9. The van der Waals surface area contributed by atoms with E-state index < -0.39 is 11.9 Å². The van der Waals surface area contributed by atoms with Gasteiger partial charge in [-0.2, -0.15) is 0 Å². The smallest absolute Gasteiger partial charge is 0.125 e. The lowest BCUT2D eigenvalue weighted by atomic mass is 10.1. The second-order valence-electron chi connectivity index (χ2n) is 3.01. The van der Waals surface area contributed by atoms with Crippen LogP contribution in [0.2, 0.25) is 5.02 Å². The van der Waals surface area contributed by atoms with E-state index >= 15 is 0 Å². The third-order valence-electron chi connectivity index (χ3n) is 1.83. The summed E-state index contributed by atoms with van der Waals surface area (Å²) in [6.45, 7) is 1.96. The van der Waals surface area contributed by atoms with Crippen molar-refractivity contribution in [3.05, 3.63) is 34.6 Å². The monoisotopic (exact) mass is 202 g/mol. The topological polar surface area (TPSA) is 20.2 Å². The van der Waals surface area contributed by atoms with Crippen molar-refractivity contribution in [3.8, 4) is 0 Å². The Morgan fingerprint density at radius 2 is 2.15 bits per heavy atom. The highest BCUT2D eigenvalue weighted by molar-refractivity contribution is 6.30. The van der Waals surface area contributed by atoms with Gasteiger partial charge in [-0.15, -0.1) is 0 Å². The van der Waals surface area contributed by atoms with Crippen molar-refractivity contribution in [1.82, 2.24) is 0 Å². The number of benzene rings is 1. The molecule has 72 valence electrons. The van der Waals surface area contributed by atoms with Gasteiger partial charge in [0, 0.05) is 5.02 Å². The van der Waals surface area contributed by atoms with Crippen LogP contribution < -0.4 is 0 Å². The fourth-order valence-electron chi connectivity index (χ4n) is 1.21. The van der Waals surface area contributed by atoms with Gasteiger partial charge in [-0.05, 0) is 30.2 Å². The van der Waals surface area contributed by atoms with Crippen molar-refractivity contribution in [2.75, 3.05) is 0 Å². The molecule has 0 aromatic heterocycles. The van der Waals surface area contributed by atoms with Crippen molar-refractivity contribution in [1.29, 1.82) is 0 Å². The first-order valence-electron chi connectivity index (χ1n) is 4.27. The Balaban J connectivity index is 2.87. The summed E-state index contributed by atoms with van der Waals surface area (Å²) >= 11 is 5.64. The number of aliphatic hydroxyl groups excluding tert-OH is 1. The molecular formula is C10H12ClFO. The van der Waals surface area contributed by atoms with E-state index in [0.717, 1.165) is 6.42 Å². The molecule has 0 aliphatic heterocycles. The minimum absolute atomic E-state index is 0.324. The van der Waals surface area contributed by atoms with Crippen molar-refractivity contribution in [2.45, 2.75) is 25.9 Å². The molecule has 0 fully saturated rings. The zero-order valence-corrected chi connectivity index (χ0v) is 8.18. The molecule has 0 amide bonds. The van der Waals surface area contributed by atoms with Crippen LogP contribution in [0.15, 0.2) is 18.2 Å². The Kier molecular flexibility index (Phi) is 3.70. The molecule has 0 aliphatic carbocycles. The highest BCUT2D eigenvalue weighted by Gasteiger charge is 2.08. The maximum Gasteiger partial charge on any atom is 0.125 e. The highest BCUT2D eigenvalue weighted by atomic mass is 35.5. The van der Waals surface area contributed by atoms with Crippen LogP contribution in [0.1, 0.15) is 31.4 Å². The molecular weight excluding hydrogens is 191 g/mol. The molecule has 1 rings (SSSR count). The van der Waals surface area contributed by atoms with Gasteiger partial charge in [0.05, 0.1) is 6.10 Å². The number of halogens is 2. The first-order chi connectivity index (χ1) is 6.13. The van der Waals surface area contributed by atoms with Gasteiger partial charge in [-0.1, -0.05) is 24.9 Å². The van der Waals surface area contributed by atoms with E-state index in [1.54, 1.807) is 6.07 Å². The predicted octanol–water partition coefficient (Wildman–Crippen LogP) is 3.31. The minimum Gasteiger partial charge on any atom is -0.388 e. The van der Waals surface area contributed by atoms with Gasteiger partial charge < -0.3 is 5.11 Å². The molecule has 1 nitrogen and oxygen atoms in total. The van der Waals surface area contributed by atoms with Gasteiger partial charge in [-0.25, -0.2) is 4.39 Å². The molecule has 1 N–H and O–H groups in total. The van der Waals surface area contributed by atoms with Crippen molar-refractivity contribution in [2.24, 2.45) is 0 Å².